The Morgan fingerprint density at radius 3 is 1.46 bits per heavy atom. The number of carboxylic acid groups (broad SMARTS) is 1. The molecule has 0 spiro atoms. The number of quaternary nitrogens is 1. The fourth-order valence-electron chi connectivity index (χ4n) is 6.37. The van der Waals surface area contributed by atoms with Gasteiger partial charge in [-0.1, -0.05) is 159 Å². The first-order valence-electron chi connectivity index (χ1n) is 23.8. The standard InChI is InChI=1S/C50H89NO8/c1-6-8-10-12-14-16-18-20-22-23-24-25-27-28-30-32-34-36-38-40-47(52)57-44-46(45-58-50(49(54)55)56-43-42-51(3,4)5)59-48(53)41-39-37-35-33-31-29-26-21-19-17-15-13-11-9-7-2/h9,11,15,17,20-22,26,46,50H,6-8,10,12-14,16,18-19,23-25,27-45H2,1-5H3/b11-9-,17-15-,22-20-,26-21-. The van der Waals surface area contributed by atoms with Gasteiger partial charge >= 0.3 is 11.9 Å². The Hall–Kier alpha value is -2.75. The molecule has 0 aliphatic heterocycles. The number of rotatable bonds is 43. The van der Waals surface area contributed by atoms with E-state index in [1.807, 2.05) is 21.1 Å². The molecule has 0 aromatic rings. The SMILES string of the molecule is CC/C=C\C/C=C\C/C=C\CCCCCCCC(=O)OC(COC(=O)CCCCCCCCCCC/C=C\CCCCCCCC)COC(OCC[N+](C)(C)C)C(=O)[O-]. The number of hydrogen-bond acceptors (Lipinski definition) is 8. The van der Waals surface area contributed by atoms with E-state index in [0.717, 1.165) is 70.6 Å². The number of allylic oxidation sites excluding steroid dienone is 8. The largest absolute Gasteiger partial charge is 0.545 e. The molecule has 0 rings (SSSR count). The molecule has 0 saturated carbocycles. The van der Waals surface area contributed by atoms with Crippen molar-refractivity contribution >= 4 is 17.9 Å². The average Bonchev–Trinajstić information content (AvgIpc) is 3.19. The summed E-state index contributed by atoms with van der Waals surface area (Å²) in [6.07, 6.45) is 45.7. The van der Waals surface area contributed by atoms with Crippen LogP contribution in [0, 0.1) is 0 Å². The summed E-state index contributed by atoms with van der Waals surface area (Å²) in [5, 5.41) is 11.7. The van der Waals surface area contributed by atoms with Crippen LogP contribution < -0.4 is 5.11 Å². The number of nitrogens with zero attached hydrogens (tertiary/aromatic N) is 1. The van der Waals surface area contributed by atoms with Crippen molar-refractivity contribution in [1.29, 1.82) is 0 Å². The first-order valence-corrected chi connectivity index (χ1v) is 23.8. The van der Waals surface area contributed by atoms with Gasteiger partial charge in [0.25, 0.3) is 0 Å². The summed E-state index contributed by atoms with van der Waals surface area (Å²) in [6, 6.07) is 0. The second-order valence-electron chi connectivity index (χ2n) is 17.0. The highest BCUT2D eigenvalue weighted by Crippen LogP contribution is 2.14. The first kappa shape index (κ1) is 56.2. The zero-order valence-electron chi connectivity index (χ0n) is 38.6. The molecule has 0 radical (unpaired) electrons. The molecule has 0 fully saturated rings. The molecule has 0 aliphatic carbocycles. The predicted octanol–water partition coefficient (Wildman–Crippen LogP) is 11.4. The Bertz CT molecular complexity index is 1110. The van der Waals surface area contributed by atoms with Crippen LogP contribution in [-0.4, -0.2) is 82.3 Å². The minimum atomic E-state index is -1.63. The van der Waals surface area contributed by atoms with Crippen molar-refractivity contribution in [3.63, 3.8) is 0 Å². The van der Waals surface area contributed by atoms with Crippen molar-refractivity contribution in [3.05, 3.63) is 48.6 Å². The normalized spacial score (nSPS) is 13.3. The number of carboxylic acids is 1. The molecule has 2 unspecified atom stereocenters. The molecule has 0 aliphatic rings. The molecule has 0 aromatic heterocycles. The molecular formula is C50H89NO8. The lowest BCUT2D eigenvalue weighted by Gasteiger charge is -2.26. The van der Waals surface area contributed by atoms with E-state index in [4.69, 9.17) is 18.9 Å². The second-order valence-corrected chi connectivity index (χ2v) is 17.0. The van der Waals surface area contributed by atoms with Gasteiger partial charge in [0, 0.05) is 12.8 Å². The van der Waals surface area contributed by atoms with E-state index in [-0.39, 0.29) is 38.6 Å². The van der Waals surface area contributed by atoms with E-state index in [9.17, 15) is 19.5 Å². The molecule has 0 amide bonds. The lowest BCUT2D eigenvalue weighted by molar-refractivity contribution is -0.870. The zero-order valence-corrected chi connectivity index (χ0v) is 38.6. The average molecular weight is 832 g/mol. The van der Waals surface area contributed by atoms with Crippen molar-refractivity contribution in [3.8, 4) is 0 Å². The molecule has 0 bridgehead atoms. The van der Waals surface area contributed by atoms with E-state index in [1.54, 1.807) is 0 Å². The lowest BCUT2D eigenvalue weighted by atomic mass is 10.1. The minimum absolute atomic E-state index is 0.143. The first-order chi connectivity index (χ1) is 28.6. The van der Waals surface area contributed by atoms with Crippen LogP contribution in [0.1, 0.15) is 194 Å². The summed E-state index contributed by atoms with van der Waals surface area (Å²) in [6.45, 7) is 4.60. The van der Waals surface area contributed by atoms with Gasteiger partial charge in [0.2, 0.25) is 0 Å². The van der Waals surface area contributed by atoms with Crippen LogP contribution in [-0.2, 0) is 33.3 Å². The monoisotopic (exact) mass is 832 g/mol. The summed E-state index contributed by atoms with van der Waals surface area (Å²) in [7, 11) is 5.90. The maximum absolute atomic E-state index is 12.8. The van der Waals surface area contributed by atoms with Crippen molar-refractivity contribution in [2.45, 2.75) is 206 Å². The number of esters is 2. The van der Waals surface area contributed by atoms with Crippen molar-refractivity contribution in [2.24, 2.45) is 0 Å². The fourth-order valence-corrected chi connectivity index (χ4v) is 6.37. The zero-order chi connectivity index (χ0) is 43.5. The van der Waals surface area contributed by atoms with Crippen molar-refractivity contribution in [2.75, 3.05) is 47.5 Å². The summed E-state index contributed by atoms with van der Waals surface area (Å²) in [5.41, 5.74) is 0. The van der Waals surface area contributed by atoms with Crippen molar-refractivity contribution < 1.29 is 42.9 Å². The summed E-state index contributed by atoms with van der Waals surface area (Å²) in [5.74, 6) is -2.31. The number of aliphatic carboxylic acids is 1. The highest BCUT2D eigenvalue weighted by Gasteiger charge is 2.21. The van der Waals surface area contributed by atoms with Crippen LogP contribution >= 0.6 is 0 Å². The van der Waals surface area contributed by atoms with Gasteiger partial charge in [0.15, 0.2) is 12.4 Å². The minimum Gasteiger partial charge on any atom is -0.545 e. The van der Waals surface area contributed by atoms with E-state index < -0.39 is 24.3 Å². The Balaban J connectivity index is 4.40. The maximum Gasteiger partial charge on any atom is 0.306 e. The lowest BCUT2D eigenvalue weighted by Crippen LogP contribution is -2.44. The van der Waals surface area contributed by atoms with Gasteiger partial charge < -0.3 is 33.3 Å². The van der Waals surface area contributed by atoms with Gasteiger partial charge in [-0.2, -0.15) is 0 Å². The molecular weight excluding hydrogens is 743 g/mol. The van der Waals surface area contributed by atoms with Gasteiger partial charge in [-0.3, -0.25) is 9.59 Å². The van der Waals surface area contributed by atoms with Crippen LogP contribution in [0.4, 0.5) is 0 Å². The molecule has 342 valence electrons. The number of ether oxygens (including phenoxy) is 4. The molecule has 9 nitrogen and oxygen atoms in total. The molecule has 2 atom stereocenters. The van der Waals surface area contributed by atoms with E-state index in [0.29, 0.717) is 17.4 Å². The summed E-state index contributed by atoms with van der Waals surface area (Å²) in [4.78, 5) is 37.0. The molecule has 59 heavy (non-hydrogen) atoms. The fraction of sp³-hybridized carbons (Fsp3) is 0.780. The maximum atomic E-state index is 12.8. The molecule has 0 saturated heterocycles. The molecule has 0 heterocycles. The highest BCUT2D eigenvalue weighted by atomic mass is 16.7. The van der Waals surface area contributed by atoms with E-state index >= 15 is 0 Å². The third-order valence-corrected chi connectivity index (χ3v) is 10.1. The number of carbonyl (C=O) groups excluding carboxylic acids is 3. The van der Waals surface area contributed by atoms with Crippen LogP contribution in [0.2, 0.25) is 0 Å². The Labute approximate surface area is 362 Å². The number of unbranched alkanes of at least 4 members (excludes halogenated alkanes) is 20. The van der Waals surface area contributed by atoms with Gasteiger partial charge in [0.05, 0.1) is 40.3 Å². The Morgan fingerprint density at radius 1 is 0.525 bits per heavy atom. The predicted molar refractivity (Wildman–Crippen MR) is 242 cm³/mol. The van der Waals surface area contributed by atoms with Crippen LogP contribution in [0.15, 0.2) is 48.6 Å². The van der Waals surface area contributed by atoms with E-state index in [1.165, 1.54) is 89.9 Å². The Kier molecular flexibility index (Phi) is 40.0. The highest BCUT2D eigenvalue weighted by molar-refractivity contribution is 5.70. The van der Waals surface area contributed by atoms with Gasteiger partial charge in [0.1, 0.15) is 13.2 Å². The Morgan fingerprint density at radius 2 is 0.966 bits per heavy atom. The topological polar surface area (TPSA) is 111 Å². The summed E-state index contributed by atoms with van der Waals surface area (Å²) < 4.78 is 22.6. The third-order valence-electron chi connectivity index (χ3n) is 10.1. The number of hydrogen-bond donors (Lipinski definition) is 0. The van der Waals surface area contributed by atoms with Gasteiger partial charge in [-0.05, 0) is 70.6 Å². The van der Waals surface area contributed by atoms with Gasteiger partial charge in [-0.25, -0.2) is 0 Å². The molecule has 9 heteroatoms. The van der Waals surface area contributed by atoms with Crippen LogP contribution in [0.3, 0.4) is 0 Å². The third kappa shape index (κ3) is 43.2. The van der Waals surface area contributed by atoms with Crippen molar-refractivity contribution in [1.82, 2.24) is 0 Å². The molecule has 0 aromatic carbocycles. The number of likely N-dealkylation sites (N-methyl/N-ethyl adjacent to an activating group) is 1. The smallest absolute Gasteiger partial charge is 0.306 e. The van der Waals surface area contributed by atoms with E-state index in [2.05, 4.69) is 62.5 Å². The number of carbonyl (C=O) groups is 3. The summed E-state index contributed by atoms with van der Waals surface area (Å²) >= 11 is 0. The van der Waals surface area contributed by atoms with Gasteiger partial charge in [-0.15, -0.1) is 0 Å². The molecule has 0 N–H and O–H groups in total. The quantitative estimate of drug-likeness (QED) is 0.0196. The second kappa shape index (κ2) is 42.0. The van der Waals surface area contributed by atoms with Crippen LogP contribution in [0.5, 0.6) is 0 Å². The van der Waals surface area contributed by atoms with Crippen LogP contribution in [0.25, 0.3) is 0 Å².